The van der Waals surface area contributed by atoms with Crippen molar-refractivity contribution >= 4 is 27.5 Å². The van der Waals surface area contributed by atoms with Gasteiger partial charge >= 0.3 is 0 Å². The highest BCUT2D eigenvalue weighted by atomic mass is 35.5. The first-order valence-corrected chi connectivity index (χ1v) is 8.30. The fraction of sp³-hybridized carbons (Fsp3) is 0.462. The van der Waals surface area contributed by atoms with Crippen LogP contribution in [-0.2, 0) is 19.6 Å². The Bertz CT molecular complexity index is 612. The number of ether oxygens (including phenoxy) is 1. The molecule has 1 saturated heterocycles. The number of carbonyl (C=O) groups is 1. The second-order valence-corrected chi connectivity index (χ2v) is 6.96. The van der Waals surface area contributed by atoms with Crippen LogP contribution in [0.2, 0.25) is 5.02 Å². The molecule has 21 heavy (non-hydrogen) atoms. The Morgan fingerprint density at radius 2 is 1.86 bits per heavy atom. The number of piperazine rings is 1. The van der Waals surface area contributed by atoms with Gasteiger partial charge in [0.25, 0.3) is 0 Å². The zero-order chi connectivity index (χ0) is 15.5. The summed E-state index contributed by atoms with van der Waals surface area (Å²) in [4.78, 5) is 13.4. The lowest BCUT2D eigenvalue weighted by molar-refractivity contribution is -0.136. The highest BCUT2D eigenvalue weighted by Crippen LogP contribution is 2.24. The number of methoxy groups -OCH3 is 1. The molecule has 1 heterocycles. The zero-order valence-electron chi connectivity index (χ0n) is 11.7. The Balaban J connectivity index is 2.08. The topological polar surface area (TPSA) is 66.9 Å². The van der Waals surface area contributed by atoms with Crippen molar-refractivity contribution < 1.29 is 17.9 Å². The van der Waals surface area contributed by atoms with Crippen molar-refractivity contribution in [2.45, 2.75) is 4.90 Å². The molecule has 0 aromatic heterocycles. The lowest BCUT2D eigenvalue weighted by atomic mass is 10.3. The van der Waals surface area contributed by atoms with Crippen molar-refractivity contribution in [2.24, 2.45) is 0 Å². The molecule has 1 aliphatic heterocycles. The van der Waals surface area contributed by atoms with Crippen molar-refractivity contribution in [3.63, 3.8) is 0 Å². The number of halogens is 1. The molecule has 0 unspecified atom stereocenters. The quantitative estimate of drug-likeness (QED) is 0.818. The van der Waals surface area contributed by atoms with Gasteiger partial charge in [0.2, 0.25) is 15.9 Å². The first-order valence-electron chi connectivity index (χ1n) is 6.48. The summed E-state index contributed by atoms with van der Waals surface area (Å²) in [6.07, 6.45) is 0. The second kappa shape index (κ2) is 6.74. The fourth-order valence-electron chi connectivity index (χ4n) is 2.19. The van der Waals surface area contributed by atoms with Gasteiger partial charge in [0, 0.05) is 33.3 Å². The van der Waals surface area contributed by atoms with Crippen molar-refractivity contribution in [3.05, 3.63) is 29.3 Å². The summed E-state index contributed by atoms with van der Waals surface area (Å²) in [7, 11) is -2.17. The van der Waals surface area contributed by atoms with Crippen molar-refractivity contribution in [1.29, 1.82) is 0 Å². The van der Waals surface area contributed by atoms with Crippen LogP contribution in [-0.4, -0.2) is 63.4 Å². The molecule has 0 spiro atoms. The summed E-state index contributed by atoms with van der Waals surface area (Å²) in [6.45, 7) is 1.22. The lowest BCUT2D eigenvalue weighted by Crippen LogP contribution is -2.51. The summed E-state index contributed by atoms with van der Waals surface area (Å²) in [6, 6.07) is 6.35. The summed E-state index contributed by atoms with van der Waals surface area (Å²) in [5.74, 6) is -0.132. The summed E-state index contributed by atoms with van der Waals surface area (Å²) < 4.78 is 31.2. The molecule has 1 fully saturated rings. The van der Waals surface area contributed by atoms with Crippen LogP contribution in [0.5, 0.6) is 0 Å². The SMILES string of the molecule is COCC(=O)N1CCN(S(=O)(=O)c2ccccc2Cl)CC1. The fourth-order valence-corrected chi connectivity index (χ4v) is 4.10. The van der Waals surface area contributed by atoms with E-state index in [9.17, 15) is 13.2 Å². The molecule has 0 N–H and O–H groups in total. The first kappa shape index (κ1) is 16.2. The summed E-state index contributed by atoms with van der Waals surface area (Å²) in [5, 5.41) is 0.204. The zero-order valence-corrected chi connectivity index (χ0v) is 13.2. The van der Waals surface area contributed by atoms with Gasteiger partial charge in [0.05, 0.1) is 5.02 Å². The molecular weight excluding hydrogens is 316 g/mol. The normalized spacial score (nSPS) is 17.0. The van der Waals surface area contributed by atoms with Gasteiger partial charge < -0.3 is 9.64 Å². The largest absolute Gasteiger partial charge is 0.375 e. The first-order chi connectivity index (χ1) is 9.96. The minimum atomic E-state index is -3.62. The van der Waals surface area contributed by atoms with Crippen molar-refractivity contribution in [2.75, 3.05) is 39.9 Å². The van der Waals surface area contributed by atoms with Crippen LogP contribution in [0.1, 0.15) is 0 Å². The highest BCUT2D eigenvalue weighted by Gasteiger charge is 2.31. The minimum absolute atomic E-state index is 0.0112. The molecule has 0 atom stereocenters. The second-order valence-electron chi connectivity index (χ2n) is 4.65. The van der Waals surface area contributed by atoms with Crippen LogP contribution in [0.25, 0.3) is 0 Å². The number of carbonyl (C=O) groups excluding carboxylic acids is 1. The average Bonchev–Trinajstić information content (AvgIpc) is 2.48. The standard InChI is InChI=1S/C13H17ClN2O4S/c1-20-10-13(17)15-6-8-16(9-7-15)21(18,19)12-5-3-2-4-11(12)14/h2-5H,6-10H2,1H3. The third kappa shape index (κ3) is 3.55. The molecule has 116 valence electrons. The average molecular weight is 333 g/mol. The molecule has 1 aromatic carbocycles. The van der Waals surface area contributed by atoms with E-state index in [2.05, 4.69) is 0 Å². The number of rotatable bonds is 4. The van der Waals surface area contributed by atoms with Crippen LogP contribution < -0.4 is 0 Å². The molecule has 0 saturated carbocycles. The van der Waals surface area contributed by atoms with Crippen LogP contribution in [0.3, 0.4) is 0 Å². The number of nitrogens with zero attached hydrogens (tertiary/aromatic N) is 2. The van der Waals surface area contributed by atoms with Gasteiger partial charge in [0.15, 0.2) is 0 Å². The molecule has 0 aliphatic carbocycles. The van der Waals surface area contributed by atoms with Gasteiger partial charge in [-0.2, -0.15) is 4.31 Å². The van der Waals surface area contributed by atoms with Crippen molar-refractivity contribution in [3.8, 4) is 0 Å². The van der Waals surface area contributed by atoms with Gasteiger partial charge in [-0.15, -0.1) is 0 Å². The molecule has 0 radical (unpaired) electrons. The number of amides is 1. The van der Waals surface area contributed by atoms with E-state index in [1.165, 1.54) is 17.5 Å². The predicted octanol–water partition coefficient (Wildman–Crippen LogP) is 0.819. The van der Waals surface area contributed by atoms with E-state index in [0.717, 1.165) is 0 Å². The Morgan fingerprint density at radius 1 is 1.24 bits per heavy atom. The smallest absolute Gasteiger partial charge is 0.248 e. The maximum absolute atomic E-state index is 12.5. The Kier molecular flexibility index (Phi) is 5.21. The number of sulfonamides is 1. The van der Waals surface area contributed by atoms with Gasteiger partial charge in [-0.3, -0.25) is 4.79 Å². The van der Waals surface area contributed by atoms with Gasteiger partial charge in [0.1, 0.15) is 11.5 Å². The third-order valence-corrected chi connectivity index (χ3v) is 5.71. The van der Waals surface area contributed by atoms with E-state index in [0.29, 0.717) is 13.1 Å². The van der Waals surface area contributed by atoms with Crippen LogP contribution >= 0.6 is 11.6 Å². The molecule has 1 aliphatic rings. The van der Waals surface area contributed by atoms with E-state index in [1.54, 1.807) is 23.1 Å². The molecule has 1 amide bonds. The highest BCUT2D eigenvalue weighted by molar-refractivity contribution is 7.89. The molecule has 1 aromatic rings. The number of hydrogen-bond acceptors (Lipinski definition) is 4. The number of hydrogen-bond donors (Lipinski definition) is 0. The maximum Gasteiger partial charge on any atom is 0.248 e. The minimum Gasteiger partial charge on any atom is -0.375 e. The van der Waals surface area contributed by atoms with Crippen molar-refractivity contribution in [1.82, 2.24) is 9.21 Å². The summed E-state index contributed by atoms with van der Waals surface area (Å²) >= 11 is 5.96. The summed E-state index contributed by atoms with van der Waals surface area (Å²) in [5.41, 5.74) is 0. The molecular formula is C13H17ClN2O4S. The van der Waals surface area contributed by atoms with Gasteiger partial charge in [-0.25, -0.2) is 8.42 Å². The van der Waals surface area contributed by atoms with Gasteiger partial charge in [-0.05, 0) is 12.1 Å². The monoisotopic (exact) mass is 332 g/mol. The third-order valence-electron chi connectivity index (χ3n) is 3.31. The van der Waals surface area contributed by atoms with E-state index in [-0.39, 0.29) is 35.5 Å². The lowest BCUT2D eigenvalue weighted by Gasteiger charge is -2.34. The van der Waals surface area contributed by atoms with E-state index >= 15 is 0 Å². The van der Waals surface area contributed by atoms with E-state index in [4.69, 9.17) is 16.3 Å². The van der Waals surface area contributed by atoms with Crippen LogP contribution in [0.4, 0.5) is 0 Å². The molecule has 2 rings (SSSR count). The molecule has 0 bridgehead atoms. The molecule has 8 heteroatoms. The predicted molar refractivity (Wildman–Crippen MR) is 78.7 cm³/mol. The maximum atomic E-state index is 12.5. The Hall–Kier alpha value is -1.15. The van der Waals surface area contributed by atoms with Gasteiger partial charge in [-0.1, -0.05) is 23.7 Å². The van der Waals surface area contributed by atoms with Crippen LogP contribution in [0, 0.1) is 0 Å². The molecule has 6 nitrogen and oxygen atoms in total. The van der Waals surface area contributed by atoms with Crippen LogP contribution in [0.15, 0.2) is 29.2 Å². The van der Waals surface area contributed by atoms with E-state index in [1.807, 2.05) is 0 Å². The Morgan fingerprint density at radius 3 is 2.43 bits per heavy atom. The Labute approximate surface area is 129 Å². The van der Waals surface area contributed by atoms with E-state index < -0.39 is 10.0 Å². The number of benzene rings is 1.